The van der Waals surface area contributed by atoms with Gasteiger partial charge in [0.15, 0.2) is 0 Å². The van der Waals surface area contributed by atoms with Gasteiger partial charge in [-0.2, -0.15) is 0 Å². The number of rotatable bonds is 19. The lowest BCUT2D eigenvalue weighted by Gasteiger charge is -2.36. The highest BCUT2D eigenvalue weighted by atomic mass is 79.9. The smallest absolute Gasteiger partial charge is 0.0975 e. The van der Waals surface area contributed by atoms with E-state index in [-0.39, 0.29) is 17.0 Å². The van der Waals surface area contributed by atoms with Crippen LogP contribution in [0.1, 0.15) is 84.0 Å². The molecule has 0 bridgehead atoms. The fourth-order valence-electron chi connectivity index (χ4n) is 3.61. The highest BCUT2D eigenvalue weighted by Gasteiger charge is 2.21. The Labute approximate surface area is 169 Å². The van der Waals surface area contributed by atoms with Crippen molar-refractivity contribution in [1.29, 1.82) is 0 Å². The molecule has 0 aliphatic heterocycles. The average Bonchev–Trinajstić information content (AvgIpc) is 2.56. The molecule has 0 saturated carbocycles. The van der Waals surface area contributed by atoms with E-state index in [0.717, 1.165) is 24.1 Å². The lowest BCUT2D eigenvalue weighted by atomic mass is 10.0. The molecule has 0 N–H and O–H groups in total. The molecular formula is C23H44BrN. The van der Waals surface area contributed by atoms with Crippen LogP contribution in [-0.2, 0) is 0 Å². The maximum Gasteiger partial charge on any atom is 0.0975 e. The summed E-state index contributed by atoms with van der Waals surface area (Å²) >= 11 is 0. The van der Waals surface area contributed by atoms with E-state index in [0.29, 0.717) is 0 Å². The van der Waals surface area contributed by atoms with E-state index in [1.807, 2.05) is 18.2 Å². The van der Waals surface area contributed by atoms with Gasteiger partial charge in [0.25, 0.3) is 0 Å². The SMILES string of the molecule is C=CC[N+](CC=C)(CC=C)CCCCCCCCCCCCCC.[Br-]. The molecule has 148 valence electrons. The summed E-state index contributed by atoms with van der Waals surface area (Å²) in [6.45, 7) is 18.4. The van der Waals surface area contributed by atoms with E-state index in [4.69, 9.17) is 0 Å². The maximum atomic E-state index is 3.94. The zero-order valence-corrected chi connectivity index (χ0v) is 18.6. The van der Waals surface area contributed by atoms with Gasteiger partial charge in [-0.1, -0.05) is 90.9 Å². The predicted octanol–water partition coefficient (Wildman–Crippen LogP) is 4.07. The van der Waals surface area contributed by atoms with Crippen LogP contribution in [-0.4, -0.2) is 30.7 Å². The number of hydrogen-bond donors (Lipinski definition) is 0. The highest BCUT2D eigenvalue weighted by molar-refractivity contribution is 4.76. The summed E-state index contributed by atoms with van der Waals surface area (Å²) in [5.41, 5.74) is 0. The fraction of sp³-hybridized carbons (Fsp3) is 0.739. The first-order valence-corrected chi connectivity index (χ1v) is 10.4. The minimum Gasteiger partial charge on any atom is -1.00 e. The first kappa shape index (κ1) is 26.9. The van der Waals surface area contributed by atoms with Crippen molar-refractivity contribution >= 4 is 0 Å². The van der Waals surface area contributed by atoms with Gasteiger partial charge in [-0.05, 0) is 31.1 Å². The largest absolute Gasteiger partial charge is 1.00 e. The first-order valence-electron chi connectivity index (χ1n) is 10.4. The molecule has 0 saturated heterocycles. The zero-order chi connectivity index (χ0) is 17.9. The number of halogens is 1. The quantitative estimate of drug-likeness (QED) is 0.170. The van der Waals surface area contributed by atoms with Crippen molar-refractivity contribution in [3.63, 3.8) is 0 Å². The lowest BCUT2D eigenvalue weighted by Crippen LogP contribution is -3.00. The Morgan fingerprint density at radius 3 is 1.20 bits per heavy atom. The molecular weight excluding hydrogens is 370 g/mol. The Bertz CT molecular complexity index is 285. The van der Waals surface area contributed by atoms with Gasteiger partial charge >= 0.3 is 0 Å². The molecule has 0 radical (unpaired) electrons. The molecule has 0 fully saturated rings. The van der Waals surface area contributed by atoms with Crippen LogP contribution in [0, 0.1) is 0 Å². The second-order valence-electron chi connectivity index (χ2n) is 7.37. The summed E-state index contributed by atoms with van der Waals surface area (Å²) < 4.78 is 1.05. The fourth-order valence-corrected chi connectivity index (χ4v) is 3.61. The third-order valence-corrected chi connectivity index (χ3v) is 5.04. The van der Waals surface area contributed by atoms with Gasteiger partial charge in [-0.15, -0.1) is 0 Å². The van der Waals surface area contributed by atoms with Crippen molar-refractivity contribution in [2.45, 2.75) is 84.0 Å². The van der Waals surface area contributed by atoms with Crippen molar-refractivity contribution in [3.05, 3.63) is 38.0 Å². The number of hydrogen-bond acceptors (Lipinski definition) is 0. The van der Waals surface area contributed by atoms with Crippen LogP contribution in [0.5, 0.6) is 0 Å². The molecule has 0 unspecified atom stereocenters. The summed E-state index contributed by atoms with van der Waals surface area (Å²) in [4.78, 5) is 0. The number of quaternary nitrogens is 1. The van der Waals surface area contributed by atoms with Crippen LogP contribution in [0.15, 0.2) is 38.0 Å². The van der Waals surface area contributed by atoms with Crippen molar-refractivity contribution < 1.29 is 21.5 Å². The predicted molar refractivity (Wildman–Crippen MR) is 111 cm³/mol. The molecule has 25 heavy (non-hydrogen) atoms. The topological polar surface area (TPSA) is 0 Å². The Kier molecular flexibility index (Phi) is 21.5. The minimum absolute atomic E-state index is 0. The molecule has 0 aliphatic rings. The molecule has 0 aliphatic carbocycles. The van der Waals surface area contributed by atoms with E-state index >= 15 is 0 Å². The van der Waals surface area contributed by atoms with E-state index in [1.165, 1.54) is 83.6 Å². The second-order valence-corrected chi connectivity index (χ2v) is 7.37. The molecule has 0 amide bonds. The normalized spacial score (nSPS) is 10.9. The molecule has 0 aromatic heterocycles. The van der Waals surface area contributed by atoms with E-state index in [2.05, 4.69) is 26.7 Å². The Morgan fingerprint density at radius 2 is 0.880 bits per heavy atom. The average molecular weight is 415 g/mol. The van der Waals surface area contributed by atoms with Crippen molar-refractivity contribution in [2.24, 2.45) is 0 Å². The van der Waals surface area contributed by atoms with Crippen LogP contribution in [0.4, 0.5) is 0 Å². The monoisotopic (exact) mass is 413 g/mol. The van der Waals surface area contributed by atoms with Gasteiger partial charge < -0.3 is 21.5 Å². The van der Waals surface area contributed by atoms with Gasteiger partial charge in [0.1, 0.15) is 0 Å². The zero-order valence-electron chi connectivity index (χ0n) is 17.0. The van der Waals surface area contributed by atoms with Gasteiger partial charge in [-0.25, -0.2) is 0 Å². The third kappa shape index (κ3) is 15.6. The third-order valence-electron chi connectivity index (χ3n) is 5.04. The van der Waals surface area contributed by atoms with E-state index in [1.54, 1.807) is 0 Å². The second kappa shape index (κ2) is 20.0. The molecule has 0 aromatic rings. The molecule has 2 heteroatoms. The molecule has 0 rings (SSSR count). The summed E-state index contributed by atoms with van der Waals surface area (Å²) in [7, 11) is 0. The van der Waals surface area contributed by atoms with Crippen molar-refractivity contribution in [2.75, 3.05) is 26.2 Å². The van der Waals surface area contributed by atoms with E-state index < -0.39 is 0 Å². The summed E-state index contributed by atoms with van der Waals surface area (Å²) in [6.07, 6.45) is 23.1. The maximum absolute atomic E-state index is 3.94. The van der Waals surface area contributed by atoms with Gasteiger partial charge in [0.2, 0.25) is 0 Å². The Morgan fingerprint density at radius 1 is 0.560 bits per heavy atom. The Hall–Kier alpha value is -0.340. The van der Waals surface area contributed by atoms with Crippen molar-refractivity contribution in [3.8, 4) is 0 Å². The molecule has 0 heterocycles. The number of unbranched alkanes of at least 4 members (excludes halogenated alkanes) is 11. The molecule has 1 nitrogen and oxygen atoms in total. The molecule has 0 aromatic carbocycles. The summed E-state index contributed by atoms with van der Waals surface area (Å²) in [5, 5.41) is 0. The van der Waals surface area contributed by atoms with Gasteiger partial charge in [0.05, 0.1) is 26.2 Å². The van der Waals surface area contributed by atoms with Gasteiger partial charge in [-0.3, -0.25) is 0 Å². The van der Waals surface area contributed by atoms with Crippen LogP contribution < -0.4 is 17.0 Å². The van der Waals surface area contributed by atoms with Crippen LogP contribution >= 0.6 is 0 Å². The molecule has 0 spiro atoms. The van der Waals surface area contributed by atoms with Crippen LogP contribution in [0.3, 0.4) is 0 Å². The van der Waals surface area contributed by atoms with Crippen LogP contribution in [0.2, 0.25) is 0 Å². The van der Waals surface area contributed by atoms with Crippen LogP contribution in [0.25, 0.3) is 0 Å². The standard InChI is InChI=1S/C23H44N.BrH/c1-5-9-10-11-12-13-14-15-16-17-18-19-23-24(20-6-2,21-7-3)22-8-4;/h6-8H,2-5,9-23H2,1H3;1H/q+1;/p-1. The lowest BCUT2D eigenvalue weighted by molar-refractivity contribution is -0.912. The first-order chi connectivity index (χ1) is 11.7. The highest BCUT2D eigenvalue weighted by Crippen LogP contribution is 2.15. The van der Waals surface area contributed by atoms with Crippen molar-refractivity contribution in [1.82, 2.24) is 0 Å². The minimum atomic E-state index is 0. The summed E-state index contributed by atoms with van der Waals surface area (Å²) in [6, 6.07) is 0. The van der Waals surface area contributed by atoms with E-state index in [9.17, 15) is 0 Å². The Balaban J connectivity index is 0. The number of nitrogens with zero attached hydrogens (tertiary/aromatic N) is 1. The molecule has 0 atom stereocenters. The summed E-state index contributed by atoms with van der Waals surface area (Å²) in [5.74, 6) is 0. The van der Waals surface area contributed by atoms with Gasteiger partial charge in [0, 0.05) is 0 Å².